The number of carboxylic acid groups (broad SMARTS) is 1. The predicted octanol–water partition coefficient (Wildman–Crippen LogP) is 3.05. The van der Waals surface area contributed by atoms with Crippen LogP contribution in [-0.4, -0.2) is 51.9 Å². The molecule has 34 heavy (non-hydrogen) atoms. The minimum absolute atomic E-state index is 0.252. The average Bonchev–Trinajstić information content (AvgIpc) is 3.22. The Labute approximate surface area is 203 Å². The smallest absolute Gasteiger partial charge is 0.481 e. The van der Waals surface area contributed by atoms with E-state index in [0.717, 1.165) is 33.9 Å². The monoisotopic (exact) mass is 479 g/mol. The Morgan fingerprint density at radius 2 is 1.62 bits per heavy atom. The van der Waals surface area contributed by atoms with Crippen LogP contribution in [0.1, 0.15) is 39.7 Å². The van der Waals surface area contributed by atoms with E-state index in [4.69, 9.17) is 14.4 Å². The highest BCUT2D eigenvalue weighted by molar-refractivity contribution is 8.15. The van der Waals surface area contributed by atoms with Crippen molar-refractivity contribution in [1.82, 2.24) is 5.32 Å². The highest BCUT2D eigenvalue weighted by Gasteiger charge is 2.51. The van der Waals surface area contributed by atoms with Gasteiger partial charge in [0.15, 0.2) is 5.17 Å². The van der Waals surface area contributed by atoms with Gasteiger partial charge in [0.2, 0.25) is 5.91 Å². The molecule has 176 valence electrons. The third kappa shape index (κ3) is 5.24. The number of carbonyl (C=O) groups excluding carboxylic acids is 1. The van der Waals surface area contributed by atoms with E-state index in [1.54, 1.807) is 6.21 Å². The van der Waals surface area contributed by atoms with E-state index in [1.807, 2.05) is 76.2 Å². The Bertz CT molecular complexity index is 1130. The number of hydrogen-bond acceptors (Lipinski definition) is 7. The van der Waals surface area contributed by atoms with Gasteiger partial charge < -0.3 is 19.7 Å². The number of nitrogens with zero attached hydrogens (tertiary/aromatic N) is 2. The van der Waals surface area contributed by atoms with Crippen molar-refractivity contribution in [3.05, 3.63) is 54.1 Å². The zero-order chi connectivity index (χ0) is 24.5. The maximum Gasteiger partial charge on any atom is 0.494 e. The van der Waals surface area contributed by atoms with Crippen molar-refractivity contribution in [3.8, 4) is 11.1 Å². The van der Waals surface area contributed by atoms with Crippen LogP contribution in [0.3, 0.4) is 0 Å². The Hall–Kier alpha value is -2.95. The Morgan fingerprint density at radius 3 is 2.18 bits per heavy atom. The molecular formula is C24H26BN3O5S. The summed E-state index contributed by atoms with van der Waals surface area (Å²) < 4.78 is 12.2. The number of amidine groups is 1. The van der Waals surface area contributed by atoms with Crippen LogP contribution >= 0.6 is 11.8 Å². The van der Waals surface area contributed by atoms with Crippen LogP contribution in [-0.2, 0) is 18.9 Å². The largest absolute Gasteiger partial charge is 0.494 e. The lowest BCUT2D eigenvalue weighted by Gasteiger charge is -2.32. The van der Waals surface area contributed by atoms with Gasteiger partial charge in [-0.3, -0.25) is 9.59 Å². The molecule has 0 radical (unpaired) electrons. The fourth-order valence-electron chi connectivity index (χ4n) is 3.47. The second kappa shape index (κ2) is 9.36. The molecule has 0 aliphatic carbocycles. The summed E-state index contributed by atoms with van der Waals surface area (Å²) in [6, 6.07) is 16.0. The molecule has 0 spiro atoms. The zero-order valence-corrected chi connectivity index (χ0v) is 20.3. The fourth-order valence-corrected chi connectivity index (χ4v) is 4.38. The van der Waals surface area contributed by atoms with Gasteiger partial charge in [-0.05, 0) is 49.8 Å². The number of carboxylic acids is 1. The van der Waals surface area contributed by atoms with Crippen molar-refractivity contribution in [2.24, 2.45) is 10.2 Å². The van der Waals surface area contributed by atoms with Crippen LogP contribution in [0.2, 0.25) is 0 Å². The molecule has 0 aromatic heterocycles. The molecule has 10 heteroatoms. The molecular weight excluding hydrogens is 453 g/mol. The highest BCUT2D eigenvalue weighted by Crippen LogP contribution is 2.36. The van der Waals surface area contributed by atoms with Gasteiger partial charge in [-0.15, -0.1) is 5.10 Å². The maximum atomic E-state index is 11.7. The molecule has 2 aromatic carbocycles. The Morgan fingerprint density at radius 1 is 1.06 bits per heavy atom. The topological polar surface area (TPSA) is 110 Å². The third-order valence-electron chi connectivity index (χ3n) is 6.17. The third-order valence-corrected chi connectivity index (χ3v) is 7.24. The lowest BCUT2D eigenvalue weighted by Crippen LogP contribution is -2.41. The first-order chi connectivity index (χ1) is 16.0. The number of amides is 1. The average molecular weight is 479 g/mol. The molecule has 1 atom stereocenters. The molecule has 2 saturated heterocycles. The minimum Gasteiger partial charge on any atom is -0.481 e. The molecule has 0 bridgehead atoms. The van der Waals surface area contributed by atoms with Crippen LogP contribution < -0.4 is 10.8 Å². The van der Waals surface area contributed by atoms with Crippen LogP contribution in [0.25, 0.3) is 11.1 Å². The Kier molecular flexibility index (Phi) is 6.66. The molecule has 2 aliphatic rings. The van der Waals surface area contributed by atoms with Crippen LogP contribution in [0.5, 0.6) is 0 Å². The number of hydrogen-bond donors (Lipinski definition) is 2. The molecule has 1 amide bonds. The first-order valence-corrected chi connectivity index (χ1v) is 11.8. The van der Waals surface area contributed by atoms with Crippen molar-refractivity contribution in [2.45, 2.75) is 50.6 Å². The first-order valence-electron chi connectivity index (χ1n) is 10.9. The number of thioether (sulfide) groups is 1. The van der Waals surface area contributed by atoms with E-state index in [2.05, 4.69) is 15.5 Å². The molecule has 2 heterocycles. The van der Waals surface area contributed by atoms with Gasteiger partial charge in [-0.25, -0.2) is 0 Å². The summed E-state index contributed by atoms with van der Waals surface area (Å²) in [5.74, 6) is -1.39. The Balaban J connectivity index is 1.38. The molecule has 2 aliphatic heterocycles. The second-order valence-electron chi connectivity index (χ2n) is 9.18. The lowest BCUT2D eigenvalue weighted by atomic mass is 9.78. The van der Waals surface area contributed by atoms with E-state index < -0.39 is 11.2 Å². The number of nitrogens with one attached hydrogen (secondary N) is 1. The summed E-state index contributed by atoms with van der Waals surface area (Å²) in [6.07, 6.45) is 1.33. The normalized spacial score (nSPS) is 22.5. The summed E-state index contributed by atoms with van der Waals surface area (Å²) in [7, 11) is -0.388. The van der Waals surface area contributed by atoms with E-state index in [1.165, 1.54) is 0 Å². The van der Waals surface area contributed by atoms with E-state index in [0.29, 0.717) is 5.17 Å². The summed E-state index contributed by atoms with van der Waals surface area (Å²) in [5.41, 5.74) is 3.20. The number of benzene rings is 2. The summed E-state index contributed by atoms with van der Waals surface area (Å²) in [5, 5.41) is 19.0. The number of carbonyl (C=O) groups is 2. The van der Waals surface area contributed by atoms with Gasteiger partial charge in [0.1, 0.15) is 5.25 Å². The van der Waals surface area contributed by atoms with Crippen molar-refractivity contribution < 1.29 is 24.0 Å². The standard InChI is InChI=1S/C24H26BN3O5S/c1-23(2)24(3,4)33-25(32-23)18-11-9-17(10-12-18)16-7-5-15(6-8-16)14-26-28-22-27-21(31)19(34-22)13-20(29)30/h5-12,14,19H,13H2,1-4H3,(H,29,30)(H,27,28,31). The number of aliphatic carboxylic acids is 1. The van der Waals surface area contributed by atoms with Gasteiger partial charge in [0.25, 0.3) is 0 Å². The van der Waals surface area contributed by atoms with E-state index >= 15 is 0 Å². The maximum absolute atomic E-state index is 11.7. The quantitative estimate of drug-likeness (QED) is 0.375. The SMILES string of the molecule is CC1(C)OB(c2ccc(-c3ccc(C=NN=C4NC(=O)C(CC(=O)O)S4)cc3)cc2)OC1(C)C. The van der Waals surface area contributed by atoms with Crippen molar-refractivity contribution >= 4 is 47.6 Å². The van der Waals surface area contributed by atoms with Gasteiger partial charge >= 0.3 is 13.1 Å². The summed E-state index contributed by atoms with van der Waals surface area (Å²) in [6.45, 7) is 8.15. The molecule has 2 N–H and O–H groups in total. The van der Waals surface area contributed by atoms with E-state index in [-0.39, 0.29) is 30.6 Å². The summed E-state index contributed by atoms with van der Waals surface area (Å²) in [4.78, 5) is 22.5. The molecule has 4 rings (SSSR count). The van der Waals surface area contributed by atoms with Gasteiger partial charge in [-0.1, -0.05) is 60.3 Å². The first kappa shape index (κ1) is 24.2. The lowest BCUT2D eigenvalue weighted by molar-refractivity contribution is -0.138. The van der Waals surface area contributed by atoms with Crippen LogP contribution in [0.4, 0.5) is 0 Å². The van der Waals surface area contributed by atoms with Crippen molar-refractivity contribution in [1.29, 1.82) is 0 Å². The van der Waals surface area contributed by atoms with E-state index in [9.17, 15) is 9.59 Å². The minimum atomic E-state index is -1.03. The molecule has 8 nitrogen and oxygen atoms in total. The fraction of sp³-hybridized carbons (Fsp3) is 0.333. The highest BCUT2D eigenvalue weighted by atomic mass is 32.2. The van der Waals surface area contributed by atoms with Crippen LogP contribution in [0, 0.1) is 0 Å². The summed E-state index contributed by atoms with van der Waals surface area (Å²) >= 11 is 1.07. The van der Waals surface area contributed by atoms with Crippen LogP contribution in [0.15, 0.2) is 58.7 Å². The van der Waals surface area contributed by atoms with Crippen molar-refractivity contribution in [2.75, 3.05) is 0 Å². The molecule has 2 aromatic rings. The molecule has 2 fully saturated rings. The predicted molar refractivity (Wildman–Crippen MR) is 134 cm³/mol. The van der Waals surface area contributed by atoms with Gasteiger partial charge in [0, 0.05) is 0 Å². The number of rotatable bonds is 6. The van der Waals surface area contributed by atoms with Crippen molar-refractivity contribution in [3.63, 3.8) is 0 Å². The molecule has 1 unspecified atom stereocenters. The zero-order valence-electron chi connectivity index (χ0n) is 19.4. The second-order valence-corrected chi connectivity index (χ2v) is 10.4. The van der Waals surface area contributed by atoms with Gasteiger partial charge in [0.05, 0.1) is 23.8 Å². The van der Waals surface area contributed by atoms with Gasteiger partial charge in [-0.2, -0.15) is 5.10 Å². The molecule has 0 saturated carbocycles.